The van der Waals surface area contributed by atoms with Gasteiger partial charge in [-0.1, -0.05) is 75.5 Å². The minimum absolute atomic E-state index is 0.00718. The van der Waals surface area contributed by atoms with Crippen molar-refractivity contribution >= 4 is 25.5 Å². The molecule has 0 aromatic heterocycles. The van der Waals surface area contributed by atoms with Gasteiger partial charge in [-0.25, -0.2) is 4.79 Å². The first-order valence-corrected chi connectivity index (χ1v) is 19.1. The van der Waals surface area contributed by atoms with Crippen molar-refractivity contribution in [2.75, 3.05) is 13.7 Å². The third-order valence-corrected chi connectivity index (χ3v) is 9.09. The van der Waals surface area contributed by atoms with Crippen molar-refractivity contribution in [1.82, 2.24) is 5.32 Å². The molecule has 3 rings (SSSR count). The Morgan fingerprint density at radius 2 is 1.58 bits per heavy atom. The van der Waals surface area contributed by atoms with Gasteiger partial charge in [0.2, 0.25) is 0 Å². The third kappa shape index (κ3) is 9.85. The van der Waals surface area contributed by atoms with Crippen LogP contribution in [0.4, 0.5) is 0 Å². The smallest absolute Gasteiger partial charge is 0.337 e. The van der Waals surface area contributed by atoms with Crippen LogP contribution in [0, 0.1) is 5.41 Å². The number of carbonyl (C=O) groups excluding carboxylic acids is 1. The Morgan fingerprint density at radius 1 is 0.907 bits per heavy atom. The maximum Gasteiger partial charge on any atom is 0.337 e. The molecule has 3 aromatic carbocycles. The van der Waals surface area contributed by atoms with E-state index in [9.17, 15) is 9.90 Å². The average Bonchev–Trinajstić information content (AvgIpc) is 3.00. The van der Waals surface area contributed by atoms with Gasteiger partial charge in [0.15, 0.2) is 19.5 Å². The fourth-order valence-electron chi connectivity index (χ4n) is 5.45. The summed E-state index contributed by atoms with van der Waals surface area (Å²) in [5.74, 6) is 0.347. The molecule has 7 nitrogen and oxygen atoms in total. The van der Waals surface area contributed by atoms with E-state index in [2.05, 4.69) is 58.2 Å². The van der Waals surface area contributed by atoms with E-state index in [0.29, 0.717) is 24.5 Å². The Kier molecular flexibility index (Phi) is 13.2. The van der Waals surface area contributed by atoms with Crippen LogP contribution in [-0.2, 0) is 33.2 Å². The molecule has 1 atom stereocenters. The lowest BCUT2D eigenvalue weighted by Crippen LogP contribution is -2.49. The number of rotatable bonds is 17. The summed E-state index contributed by atoms with van der Waals surface area (Å²) in [6, 6.07) is 23.7. The summed E-state index contributed by atoms with van der Waals surface area (Å²) < 4.78 is 23.6. The van der Waals surface area contributed by atoms with Crippen molar-refractivity contribution in [2.24, 2.45) is 5.41 Å². The number of hydrogen-bond donors (Lipinski definition) is 2. The molecular formula is C34H49NO6Si2. The van der Waals surface area contributed by atoms with Gasteiger partial charge in [0, 0.05) is 29.0 Å². The van der Waals surface area contributed by atoms with Crippen LogP contribution in [0.25, 0.3) is 0 Å². The van der Waals surface area contributed by atoms with Gasteiger partial charge < -0.3 is 28.7 Å². The minimum atomic E-state index is -0.711. The van der Waals surface area contributed by atoms with Crippen LogP contribution in [0.15, 0.2) is 72.8 Å². The van der Waals surface area contributed by atoms with Crippen molar-refractivity contribution in [3.63, 3.8) is 0 Å². The molecule has 234 valence electrons. The topological polar surface area (TPSA) is 86.3 Å². The predicted octanol–water partition coefficient (Wildman–Crippen LogP) is 4.89. The Hall–Kier alpha value is -2.80. The van der Waals surface area contributed by atoms with Gasteiger partial charge >= 0.3 is 5.97 Å². The Morgan fingerprint density at radius 3 is 2.21 bits per heavy atom. The normalized spacial score (nSPS) is 14.0. The summed E-state index contributed by atoms with van der Waals surface area (Å²) >= 11 is 0. The van der Waals surface area contributed by atoms with Crippen molar-refractivity contribution in [1.29, 1.82) is 0 Å². The van der Waals surface area contributed by atoms with E-state index in [4.69, 9.17) is 18.3 Å². The van der Waals surface area contributed by atoms with Crippen LogP contribution >= 0.6 is 0 Å². The third-order valence-electron chi connectivity index (χ3n) is 7.81. The van der Waals surface area contributed by atoms with Gasteiger partial charge in [0.1, 0.15) is 18.6 Å². The molecule has 0 amide bonds. The Balaban J connectivity index is 1.89. The van der Waals surface area contributed by atoms with Gasteiger partial charge in [-0.05, 0) is 61.2 Å². The SMILES string of the molecule is COC(=O)c1cccc(CC(C)(C)NC[C@H](c2ccc(OCc3ccccc3)c(CO)c2)C(C)(C)C(O[SiH2]C)O[SiH2]C)c1. The highest BCUT2D eigenvalue weighted by Gasteiger charge is 2.40. The number of benzene rings is 3. The summed E-state index contributed by atoms with van der Waals surface area (Å²) in [4.78, 5) is 12.1. The number of ether oxygens (including phenoxy) is 2. The van der Waals surface area contributed by atoms with Crippen LogP contribution in [0.3, 0.4) is 0 Å². The number of hydrogen-bond acceptors (Lipinski definition) is 7. The molecule has 0 unspecified atom stereocenters. The Bertz CT molecular complexity index is 1300. The monoisotopic (exact) mass is 623 g/mol. The van der Waals surface area contributed by atoms with Gasteiger partial charge in [0.05, 0.1) is 19.3 Å². The molecule has 0 saturated carbocycles. The number of aliphatic hydroxyl groups is 1. The van der Waals surface area contributed by atoms with E-state index in [1.165, 1.54) is 7.11 Å². The molecule has 0 aliphatic rings. The molecule has 0 aliphatic heterocycles. The second-order valence-corrected chi connectivity index (χ2v) is 13.9. The fourth-order valence-corrected chi connectivity index (χ4v) is 7.30. The van der Waals surface area contributed by atoms with Gasteiger partial charge in [0.25, 0.3) is 0 Å². The highest BCUT2D eigenvalue weighted by Crippen LogP contribution is 2.41. The second kappa shape index (κ2) is 16.3. The van der Waals surface area contributed by atoms with E-state index in [-0.39, 0.29) is 35.7 Å². The molecule has 0 fully saturated rings. The van der Waals surface area contributed by atoms with Crippen molar-refractivity contribution < 1.29 is 28.2 Å². The molecule has 9 heteroatoms. The van der Waals surface area contributed by atoms with Crippen LogP contribution in [0.5, 0.6) is 5.75 Å². The lowest BCUT2D eigenvalue weighted by Gasteiger charge is -2.43. The summed E-state index contributed by atoms with van der Waals surface area (Å²) in [6.45, 7) is 14.0. The van der Waals surface area contributed by atoms with Crippen LogP contribution in [0.1, 0.15) is 66.2 Å². The lowest BCUT2D eigenvalue weighted by atomic mass is 9.73. The first-order chi connectivity index (χ1) is 20.5. The highest BCUT2D eigenvalue weighted by molar-refractivity contribution is 6.26. The fraction of sp³-hybridized carbons (Fsp3) is 0.441. The number of aliphatic hydroxyl groups excluding tert-OH is 1. The molecule has 0 heterocycles. The summed E-state index contributed by atoms with van der Waals surface area (Å²) in [5, 5.41) is 14.2. The molecule has 0 saturated heterocycles. The zero-order chi connectivity index (χ0) is 31.5. The number of methoxy groups -OCH3 is 1. The zero-order valence-electron chi connectivity index (χ0n) is 26.8. The summed E-state index contributed by atoms with van der Waals surface area (Å²) in [5.41, 5.74) is 3.87. The van der Waals surface area contributed by atoms with Gasteiger partial charge in [-0.2, -0.15) is 0 Å². The maximum atomic E-state index is 12.1. The molecular weight excluding hydrogens is 575 g/mol. The molecule has 0 aliphatic carbocycles. The lowest BCUT2D eigenvalue weighted by molar-refractivity contribution is -0.0908. The van der Waals surface area contributed by atoms with Crippen LogP contribution in [-0.4, -0.2) is 56.1 Å². The van der Waals surface area contributed by atoms with E-state index in [0.717, 1.165) is 28.7 Å². The van der Waals surface area contributed by atoms with Gasteiger partial charge in [-0.15, -0.1) is 0 Å². The summed E-state index contributed by atoms with van der Waals surface area (Å²) in [7, 11) is -0.0241. The van der Waals surface area contributed by atoms with E-state index >= 15 is 0 Å². The number of nitrogens with one attached hydrogen (secondary N) is 1. The standard InChI is InChI=1S/C34H49NO6Si2/c1-33(2,20-25-14-11-15-27(18-25)31(37)38-5)35-21-29(34(3,4)32(40-42-6)41-43-7)26-16-17-30(28(19-26)22-36)39-23-24-12-9-8-10-13-24/h8-19,29,32,35-36H,20-23,42-43H2,1-7H3/t29-/m1/s1. The molecule has 0 spiro atoms. The van der Waals surface area contributed by atoms with E-state index < -0.39 is 19.5 Å². The van der Waals surface area contributed by atoms with Crippen molar-refractivity contribution in [3.05, 3.63) is 101 Å². The molecule has 2 N–H and O–H groups in total. The first-order valence-electron chi connectivity index (χ1n) is 15.1. The first kappa shape index (κ1) is 34.7. The zero-order valence-corrected chi connectivity index (χ0v) is 29.6. The maximum absolute atomic E-state index is 12.1. The second-order valence-electron chi connectivity index (χ2n) is 12.0. The summed E-state index contributed by atoms with van der Waals surface area (Å²) in [6.07, 6.45) is 0.415. The molecule has 0 radical (unpaired) electrons. The van der Waals surface area contributed by atoms with Crippen molar-refractivity contribution in [2.45, 2.75) is 78.2 Å². The predicted molar refractivity (Wildman–Crippen MR) is 178 cm³/mol. The highest BCUT2D eigenvalue weighted by atomic mass is 28.2. The van der Waals surface area contributed by atoms with Crippen molar-refractivity contribution in [3.8, 4) is 5.75 Å². The van der Waals surface area contributed by atoms with E-state index in [1.807, 2.05) is 54.6 Å². The Labute approximate surface area is 262 Å². The molecule has 0 bridgehead atoms. The largest absolute Gasteiger partial charge is 0.489 e. The quantitative estimate of drug-likeness (QED) is 0.126. The minimum Gasteiger partial charge on any atom is -0.489 e. The molecule has 3 aromatic rings. The number of esters is 1. The van der Waals surface area contributed by atoms with Gasteiger partial charge in [-0.3, -0.25) is 0 Å². The average molecular weight is 624 g/mol. The van der Waals surface area contributed by atoms with E-state index in [1.54, 1.807) is 6.07 Å². The van der Waals surface area contributed by atoms with Crippen LogP contribution in [0.2, 0.25) is 13.1 Å². The molecule has 43 heavy (non-hydrogen) atoms. The van der Waals surface area contributed by atoms with Crippen LogP contribution < -0.4 is 10.1 Å². The number of carbonyl (C=O) groups is 1.